The summed E-state index contributed by atoms with van der Waals surface area (Å²) in [6.45, 7) is 16.6. The van der Waals surface area contributed by atoms with Gasteiger partial charge in [-0.1, -0.05) is 66.7 Å². The van der Waals surface area contributed by atoms with Crippen LogP contribution in [0.25, 0.3) is 0 Å². The summed E-state index contributed by atoms with van der Waals surface area (Å²) in [5.41, 5.74) is 0. The Kier molecular flexibility index (Phi) is 20.1. The second-order valence-corrected chi connectivity index (χ2v) is 7.08. The first-order chi connectivity index (χ1) is 11.5. The van der Waals surface area contributed by atoms with Gasteiger partial charge in [0, 0.05) is 5.97 Å². The van der Waals surface area contributed by atoms with Crippen molar-refractivity contribution in [2.75, 3.05) is 26.2 Å². The lowest BCUT2D eigenvalue weighted by molar-refractivity contribution is -0.929. The van der Waals surface area contributed by atoms with E-state index < -0.39 is 5.97 Å². The Balaban J connectivity index is 0. The van der Waals surface area contributed by atoms with Crippen LogP contribution >= 0.6 is 0 Å². The van der Waals surface area contributed by atoms with E-state index in [0.717, 1.165) is 0 Å². The van der Waals surface area contributed by atoms with Crippen molar-refractivity contribution >= 4 is 5.97 Å². The van der Waals surface area contributed by atoms with E-state index in [1.54, 1.807) is 0 Å². The molecule has 0 saturated heterocycles. The zero-order valence-electron chi connectivity index (χ0n) is 17.4. The quantitative estimate of drug-likeness (QED) is 0.312. The summed E-state index contributed by atoms with van der Waals surface area (Å²) in [6, 6.07) is 0. The van der Waals surface area contributed by atoms with E-state index in [-0.39, 0.29) is 6.42 Å². The van der Waals surface area contributed by atoms with Crippen LogP contribution in [0.1, 0.15) is 105 Å². The number of aliphatic carboxylic acids is 1. The summed E-state index contributed by atoms with van der Waals surface area (Å²) >= 11 is 0. The zero-order chi connectivity index (χ0) is 18.7. The highest BCUT2D eigenvalue weighted by molar-refractivity contribution is 5.63. The summed E-state index contributed by atoms with van der Waals surface area (Å²) in [6.07, 6.45) is 14.1. The molecule has 0 heterocycles. The molecule has 0 spiro atoms. The molecule has 3 nitrogen and oxygen atoms in total. The summed E-state index contributed by atoms with van der Waals surface area (Å²) in [7, 11) is 0. The minimum Gasteiger partial charge on any atom is -0.550 e. The molecule has 0 aliphatic heterocycles. The molecule has 24 heavy (non-hydrogen) atoms. The molecule has 146 valence electrons. The van der Waals surface area contributed by atoms with E-state index in [2.05, 4.69) is 27.7 Å². The fraction of sp³-hybridized carbons (Fsp3) is 0.952. The molecule has 0 radical (unpaired) electrons. The number of hydrogen-bond donors (Lipinski definition) is 0. The molecular weight excluding hydrogens is 298 g/mol. The largest absolute Gasteiger partial charge is 0.550 e. The number of carbonyl (C=O) groups is 1. The van der Waals surface area contributed by atoms with E-state index in [9.17, 15) is 9.90 Å². The Hall–Kier alpha value is -0.570. The molecule has 0 N–H and O–H groups in total. The molecule has 0 aliphatic rings. The summed E-state index contributed by atoms with van der Waals surface area (Å²) < 4.78 is 1.43. The van der Waals surface area contributed by atoms with Crippen LogP contribution in [-0.4, -0.2) is 36.6 Å². The average molecular weight is 344 g/mol. The topological polar surface area (TPSA) is 40.1 Å². The number of carboxylic acids is 1. The van der Waals surface area contributed by atoms with Gasteiger partial charge in [0.1, 0.15) is 0 Å². The van der Waals surface area contributed by atoms with Crippen LogP contribution in [0, 0.1) is 0 Å². The van der Waals surface area contributed by atoms with Gasteiger partial charge in [-0.2, -0.15) is 0 Å². The lowest BCUT2D eigenvalue weighted by atomic mass is 10.1. The monoisotopic (exact) mass is 343 g/mol. The maximum Gasteiger partial charge on any atom is 0.0786 e. The number of carboxylic acid groups (broad SMARTS) is 1. The highest BCUT2D eigenvalue weighted by Gasteiger charge is 2.24. The van der Waals surface area contributed by atoms with Crippen molar-refractivity contribution in [1.29, 1.82) is 0 Å². The second-order valence-electron chi connectivity index (χ2n) is 7.08. The van der Waals surface area contributed by atoms with Gasteiger partial charge in [-0.3, -0.25) is 0 Å². The molecule has 0 aliphatic carbocycles. The molecular formula is C21H45NO2. The van der Waals surface area contributed by atoms with E-state index in [4.69, 9.17) is 0 Å². The van der Waals surface area contributed by atoms with Crippen LogP contribution in [0.5, 0.6) is 0 Å². The van der Waals surface area contributed by atoms with Crippen LogP contribution in [-0.2, 0) is 4.79 Å². The molecule has 3 heteroatoms. The fourth-order valence-corrected chi connectivity index (χ4v) is 3.03. The number of quaternary nitrogens is 1. The molecule has 0 saturated carbocycles. The number of carbonyl (C=O) groups excluding carboxylic acids is 1. The Bertz CT molecular complexity index is 245. The van der Waals surface area contributed by atoms with Gasteiger partial charge in [-0.15, -0.1) is 0 Å². The SMILES string of the molecule is CCC(=O)[O-].CCCCCC[N+](CCCC)(CCCC)CCCC. The van der Waals surface area contributed by atoms with Gasteiger partial charge in [0.2, 0.25) is 0 Å². The molecule has 0 aromatic rings. The Morgan fingerprint density at radius 1 is 0.625 bits per heavy atom. The summed E-state index contributed by atoms with van der Waals surface area (Å²) in [4.78, 5) is 9.26. The van der Waals surface area contributed by atoms with Crippen LogP contribution in [0.15, 0.2) is 0 Å². The van der Waals surface area contributed by atoms with E-state index in [0.29, 0.717) is 0 Å². The Labute approximate surface area is 152 Å². The molecule has 0 atom stereocenters. The predicted molar refractivity (Wildman–Crippen MR) is 104 cm³/mol. The maximum absolute atomic E-state index is 9.26. The number of hydrogen-bond acceptors (Lipinski definition) is 2. The van der Waals surface area contributed by atoms with Crippen LogP contribution in [0.2, 0.25) is 0 Å². The first kappa shape index (κ1) is 25.7. The maximum atomic E-state index is 9.26. The highest BCUT2D eigenvalue weighted by Crippen LogP contribution is 2.17. The van der Waals surface area contributed by atoms with Crippen molar-refractivity contribution in [2.24, 2.45) is 0 Å². The van der Waals surface area contributed by atoms with E-state index in [1.165, 1.54) is 102 Å². The summed E-state index contributed by atoms with van der Waals surface area (Å²) in [5, 5.41) is 9.26. The van der Waals surface area contributed by atoms with Gasteiger partial charge in [0.05, 0.1) is 26.2 Å². The highest BCUT2D eigenvalue weighted by atomic mass is 16.4. The average Bonchev–Trinajstić information content (AvgIpc) is 2.60. The van der Waals surface area contributed by atoms with Gasteiger partial charge >= 0.3 is 0 Å². The van der Waals surface area contributed by atoms with Crippen LogP contribution in [0.3, 0.4) is 0 Å². The fourth-order valence-electron chi connectivity index (χ4n) is 3.03. The first-order valence-corrected chi connectivity index (χ1v) is 10.6. The van der Waals surface area contributed by atoms with E-state index in [1.807, 2.05) is 0 Å². The van der Waals surface area contributed by atoms with Gasteiger partial charge in [-0.25, -0.2) is 0 Å². The van der Waals surface area contributed by atoms with Gasteiger partial charge in [0.25, 0.3) is 0 Å². The number of unbranched alkanes of at least 4 members (excludes halogenated alkanes) is 6. The number of nitrogens with zero attached hydrogens (tertiary/aromatic N) is 1. The third kappa shape index (κ3) is 16.3. The smallest absolute Gasteiger partial charge is 0.0786 e. The normalized spacial score (nSPS) is 11.0. The minimum absolute atomic E-state index is 0.111. The molecule has 0 aromatic heterocycles. The van der Waals surface area contributed by atoms with Gasteiger partial charge in [0.15, 0.2) is 0 Å². The van der Waals surface area contributed by atoms with Crippen molar-refractivity contribution in [3.05, 3.63) is 0 Å². The second kappa shape index (κ2) is 18.8. The third-order valence-electron chi connectivity index (χ3n) is 4.73. The van der Waals surface area contributed by atoms with Crippen LogP contribution < -0.4 is 5.11 Å². The van der Waals surface area contributed by atoms with Crippen LogP contribution in [0.4, 0.5) is 0 Å². The lowest BCUT2D eigenvalue weighted by Crippen LogP contribution is -2.50. The predicted octanol–water partition coefficient (Wildman–Crippen LogP) is 4.93. The van der Waals surface area contributed by atoms with E-state index >= 15 is 0 Å². The lowest BCUT2D eigenvalue weighted by Gasteiger charge is -2.39. The minimum atomic E-state index is -0.995. The number of rotatable bonds is 15. The Morgan fingerprint density at radius 3 is 1.25 bits per heavy atom. The summed E-state index contributed by atoms with van der Waals surface area (Å²) in [5.74, 6) is -0.995. The first-order valence-electron chi connectivity index (χ1n) is 10.6. The van der Waals surface area contributed by atoms with Crippen molar-refractivity contribution in [2.45, 2.75) is 105 Å². The molecule has 0 aromatic carbocycles. The zero-order valence-corrected chi connectivity index (χ0v) is 17.4. The molecule has 0 bridgehead atoms. The van der Waals surface area contributed by atoms with Crippen molar-refractivity contribution in [3.63, 3.8) is 0 Å². The van der Waals surface area contributed by atoms with Gasteiger partial charge in [-0.05, 0) is 38.5 Å². The van der Waals surface area contributed by atoms with Crippen molar-refractivity contribution < 1.29 is 14.4 Å². The molecule has 0 unspecified atom stereocenters. The molecule has 0 fully saturated rings. The Morgan fingerprint density at radius 2 is 0.958 bits per heavy atom. The molecule has 0 rings (SSSR count). The van der Waals surface area contributed by atoms with Crippen molar-refractivity contribution in [3.8, 4) is 0 Å². The van der Waals surface area contributed by atoms with Gasteiger partial charge < -0.3 is 14.4 Å². The molecule has 0 amide bonds. The van der Waals surface area contributed by atoms with Crippen molar-refractivity contribution in [1.82, 2.24) is 0 Å². The standard InChI is InChI=1S/C18H40N.C3H6O2/c1-5-9-13-14-18-19(15-10-6-2,16-11-7-3)17-12-8-4;1-2-3(4)5/h5-18H2,1-4H3;2H2,1H3,(H,4,5)/q+1;/p-1. The third-order valence-corrected chi connectivity index (χ3v) is 4.73.